The van der Waals surface area contributed by atoms with E-state index in [1.165, 1.54) is 6.07 Å². The first-order valence-corrected chi connectivity index (χ1v) is 6.13. The molecule has 0 spiro atoms. The van der Waals surface area contributed by atoms with Crippen LogP contribution in [0.2, 0.25) is 5.02 Å². The smallest absolute Gasteiger partial charge is 0.142 e. The van der Waals surface area contributed by atoms with Crippen LogP contribution in [0.15, 0.2) is 42.5 Å². The Morgan fingerprint density at radius 3 is 2.74 bits per heavy atom. The van der Waals surface area contributed by atoms with E-state index in [-0.39, 0.29) is 5.02 Å². The first kappa shape index (κ1) is 13.4. The Labute approximate surface area is 116 Å². The van der Waals surface area contributed by atoms with Crippen molar-refractivity contribution in [1.82, 2.24) is 0 Å². The van der Waals surface area contributed by atoms with Gasteiger partial charge in [0.2, 0.25) is 0 Å². The molecule has 0 radical (unpaired) electrons. The van der Waals surface area contributed by atoms with Crippen LogP contribution < -0.4 is 4.90 Å². The molecule has 0 aliphatic heterocycles. The molecule has 0 atom stereocenters. The molecular formula is C15H12ClFN2. The van der Waals surface area contributed by atoms with Crippen LogP contribution >= 0.6 is 11.6 Å². The molecule has 0 aliphatic carbocycles. The molecule has 0 heterocycles. The topological polar surface area (TPSA) is 27.0 Å². The van der Waals surface area contributed by atoms with Crippen molar-refractivity contribution in [3.8, 4) is 6.07 Å². The molecule has 0 aromatic heterocycles. The number of hydrogen-bond acceptors (Lipinski definition) is 2. The van der Waals surface area contributed by atoms with Gasteiger partial charge in [-0.1, -0.05) is 23.7 Å². The first-order valence-electron chi connectivity index (χ1n) is 5.75. The largest absolute Gasteiger partial charge is 0.370 e. The first-order chi connectivity index (χ1) is 9.10. The van der Waals surface area contributed by atoms with Gasteiger partial charge in [-0.15, -0.1) is 0 Å². The van der Waals surface area contributed by atoms with E-state index < -0.39 is 5.82 Å². The predicted octanol–water partition coefficient (Wildman–Crippen LogP) is 3.99. The van der Waals surface area contributed by atoms with E-state index in [9.17, 15) is 4.39 Å². The summed E-state index contributed by atoms with van der Waals surface area (Å²) in [4.78, 5) is 1.95. The summed E-state index contributed by atoms with van der Waals surface area (Å²) < 4.78 is 13.4. The number of hydrogen-bond donors (Lipinski definition) is 0. The lowest BCUT2D eigenvalue weighted by Gasteiger charge is -2.19. The van der Waals surface area contributed by atoms with Crippen molar-refractivity contribution in [3.63, 3.8) is 0 Å². The van der Waals surface area contributed by atoms with Crippen molar-refractivity contribution in [2.45, 2.75) is 6.54 Å². The highest BCUT2D eigenvalue weighted by molar-refractivity contribution is 6.30. The highest BCUT2D eigenvalue weighted by Crippen LogP contribution is 2.20. The van der Waals surface area contributed by atoms with Crippen molar-refractivity contribution >= 4 is 17.3 Å². The Bertz CT molecular complexity index is 634. The summed E-state index contributed by atoms with van der Waals surface area (Å²) in [5, 5.41) is 8.99. The van der Waals surface area contributed by atoms with Gasteiger partial charge in [0, 0.05) is 19.3 Å². The van der Waals surface area contributed by atoms with E-state index in [1.54, 1.807) is 24.3 Å². The van der Waals surface area contributed by atoms with Gasteiger partial charge in [0.05, 0.1) is 16.7 Å². The second-order valence-corrected chi connectivity index (χ2v) is 4.67. The summed E-state index contributed by atoms with van der Waals surface area (Å²) in [6.45, 7) is 0.545. The molecule has 2 nitrogen and oxygen atoms in total. The van der Waals surface area contributed by atoms with Gasteiger partial charge in [0.15, 0.2) is 0 Å². The quantitative estimate of drug-likeness (QED) is 0.846. The molecule has 0 N–H and O–H groups in total. The second-order valence-electron chi connectivity index (χ2n) is 4.27. The van der Waals surface area contributed by atoms with Crippen LogP contribution in [0.25, 0.3) is 0 Å². The van der Waals surface area contributed by atoms with Gasteiger partial charge >= 0.3 is 0 Å². The minimum absolute atomic E-state index is 0.123. The van der Waals surface area contributed by atoms with Gasteiger partial charge in [-0.2, -0.15) is 5.26 Å². The summed E-state index contributed by atoms with van der Waals surface area (Å²) >= 11 is 5.65. The minimum atomic E-state index is -0.418. The van der Waals surface area contributed by atoms with E-state index in [4.69, 9.17) is 16.9 Å². The zero-order valence-electron chi connectivity index (χ0n) is 10.4. The van der Waals surface area contributed by atoms with Gasteiger partial charge in [-0.3, -0.25) is 0 Å². The third-order valence-corrected chi connectivity index (χ3v) is 3.13. The average Bonchev–Trinajstić information content (AvgIpc) is 2.43. The summed E-state index contributed by atoms with van der Waals surface area (Å²) in [5.74, 6) is -0.418. The summed E-state index contributed by atoms with van der Waals surface area (Å²) in [5.41, 5.74) is 2.34. The maximum absolute atomic E-state index is 13.4. The summed E-state index contributed by atoms with van der Waals surface area (Å²) in [6.07, 6.45) is 0. The van der Waals surface area contributed by atoms with Crippen molar-refractivity contribution in [3.05, 3.63) is 64.4 Å². The second kappa shape index (κ2) is 5.73. The Morgan fingerprint density at radius 1 is 1.26 bits per heavy atom. The molecule has 0 aliphatic rings. The Hall–Kier alpha value is -2.05. The lowest BCUT2D eigenvalue weighted by atomic mass is 10.1. The maximum Gasteiger partial charge on any atom is 0.142 e. The molecule has 4 heteroatoms. The highest BCUT2D eigenvalue weighted by atomic mass is 35.5. The predicted molar refractivity (Wildman–Crippen MR) is 74.7 cm³/mol. The third kappa shape index (κ3) is 3.24. The van der Waals surface area contributed by atoms with Crippen LogP contribution in [-0.4, -0.2) is 7.05 Å². The summed E-state index contributed by atoms with van der Waals surface area (Å²) in [6, 6.07) is 14.1. The summed E-state index contributed by atoms with van der Waals surface area (Å²) in [7, 11) is 1.89. The molecule has 0 saturated carbocycles. The average molecular weight is 275 g/mol. The molecule has 96 valence electrons. The molecule has 19 heavy (non-hydrogen) atoms. The zero-order chi connectivity index (χ0) is 13.8. The normalized spacial score (nSPS) is 10.0. The molecular weight excluding hydrogens is 263 g/mol. The number of benzene rings is 2. The van der Waals surface area contributed by atoms with Gasteiger partial charge < -0.3 is 4.90 Å². The van der Waals surface area contributed by atoms with Crippen LogP contribution in [0.1, 0.15) is 11.1 Å². The fraction of sp³-hybridized carbons (Fsp3) is 0.133. The number of rotatable bonds is 3. The van der Waals surface area contributed by atoms with Crippen LogP contribution in [-0.2, 0) is 6.54 Å². The lowest BCUT2D eigenvalue weighted by molar-refractivity contribution is 0.625. The maximum atomic E-state index is 13.4. The number of halogens is 2. The fourth-order valence-corrected chi connectivity index (χ4v) is 1.93. The number of nitrogens with zero attached hydrogens (tertiary/aromatic N) is 2. The fourth-order valence-electron chi connectivity index (χ4n) is 1.82. The van der Waals surface area contributed by atoms with Crippen LogP contribution in [0.5, 0.6) is 0 Å². The molecule has 2 rings (SSSR count). The van der Waals surface area contributed by atoms with E-state index in [0.29, 0.717) is 12.1 Å². The van der Waals surface area contributed by atoms with E-state index >= 15 is 0 Å². The van der Waals surface area contributed by atoms with Crippen LogP contribution in [0.4, 0.5) is 10.1 Å². The van der Waals surface area contributed by atoms with Crippen molar-refractivity contribution in [2.24, 2.45) is 0 Å². The molecule has 0 saturated heterocycles. The Balaban J connectivity index is 2.18. The van der Waals surface area contributed by atoms with Gasteiger partial charge in [-0.25, -0.2) is 4.39 Å². The van der Waals surface area contributed by atoms with Crippen molar-refractivity contribution in [1.29, 1.82) is 5.26 Å². The van der Waals surface area contributed by atoms with Gasteiger partial charge in [-0.05, 0) is 35.9 Å². The zero-order valence-corrected chi connectivity index (χ0v) is 11.2. The molecule has 0 unspecified atom stereocenters. The van der Waals surface area contributed by atoms with E-state index in [2.05, 4.69) is 6.07 Å². The van der Waals surface area contributed by atoms with Gasteiger partial charge in [0.25, 0.3) is 0 Å². The van der Waals surface area contributed by atoms with E-state index in [0.717, 1.165) is 11.3 Å². The van der Waals surface area contributed by atoms with Crippen molar-refractivity contribution in [2.75, 3.05) is 11.9 Å². The molecule has 0 fully saturated rings. The monoisotopic (exact) mass is 274 g/mol. The molecule has 2 aromatic carbocycles. The van der Waals surface area contributed by atoms with Crippen molar-refractivity contribution < 1.29 is 4.39 Å². The SMILES string of the molecule is CN(Cc1ccc(Cl)c(F)c1)c1cccc(C#N)c1. The highest BCUT2D eigenvalue weighted by Gasteiger charge is 2.06. The lowest BCUT2D eigenvalue weighted by Crippen LogP contribution is -2.16. The van der Waals surface area contributed by atoms with Crippen LogP contribution in [0.3, 0.4) is 0 Å². The van der Waals surface area contributed by atoms with E-state index in [1.807, 2.05) is 24.1 Å². The molecule has 2 aromatic rings. The Morgan fingerprint density at radius 2 is 2.05 bits per heavy atom. The Kier molecular flexibility index (Phi) is 4.03. The number of anilines is 1. The third-order valence-electron chi connectivity index (χ3n) is 2.82. The standard InChI is InChI=1S/C15H12ClFN2/c1-19(13-4-2-3-11(7-13)9-18)10-12-5-6-14(16)15(17)8-12/h2-8H,10H2,1H3. The molecule has 0 amide bonds. The number of nitriles is 1. The van der Waals surface area contributed by atoms with Crippen LogP contribution in [0, 0.1) is 17.1 Å². The van der Waals surface area contributed by atoms with Gasteiger partial charge in [0.1, 0.15) is 5.82 Å². The minimum Gasteiger partial charge on any atom is -0.370 e. The molecule has 0 bridgehead atoms.